The van der Waals surface area contributed by atoms with Gasteiger partial charge in [-0.1, -0.05) is 157 Å². The van der Waals surface area contributed by atoms with E-state index >= 15 is 0 Å². The first-order valence-corrected chi connectivity index (χ1v) is 24.1. The lowest BCUT2D eigenvalue weighted by molar-refractivity contribution is -0.154. The van der Waals surface area contributed by atoms with Crippen molar-refractivity contribution in [3.8, 4) is 0 Å². The van der Waals surface area contributed by atoms with Gasteiger partial charge in [-0.25, -0.2) is 9.78 Å². The maximum Gasteiger partial charge on any atom is 0.356 e. The first-order chi connectivity index (χ1) is 31.5. The second-order valence-electron chi connectivity index (χ2n) is 15.0. The zero-order valence-corrected chi connectivity index (χ0v) is 37.8. The number of β-lactam (4-membered cyclic amide) rings is 1. The number of oxime groups is 1. The number of hydrogen-bond donors (Lipinski definition) is 2. The summed E-state index contributed by atoms with van der Waals surface area (Å²) in [5, 5.41) is 12.0. The maximum absolute atomic E-state index is 14.4. The van der Waals surface area contributed by atoms with Crippen molar-refractivity contribution in [2.75, 3.05) is 24.4 Å². The highest BCUT2D eigenvalue weighted by molar-refractivity contribution is 8.00. The van der Waals surface area contributed by atoms with Crippen LogP contribution in [0.3, 0.4) is 0 Å². The molecule has 16 heteroatoms. The molecule has 2 unspecified atom stereocenters. The number of benzene rings is 5. The number of fused-ring (bicyclic) bond motifs is 1. The number of thiazole rings is 1. The third-order valence-corrected chi connectivity index (χ3v) is 13.3. The summed E-state index contributed by atoms with van der Waals surface area (Å²) in [6, 6.07) is 47.3. The van der Waals surface area contributed by atoms with Gasteiger partial charge in [0.1, 0.15) is 41.2 Å². The van der Waals surface area contributed by atoms with Crippen molar-refractivity contribution >= 4 is 61.8 Å². The quantitative estimate of drug-likeness (QED) is 0.0185. The van der Waals surface area contributed by atoms with Crippen LogP contribution < -0.4 is 10.6 Å². The maximum atomic E-state index is 14.4. The standard InChI is InChI=1S/C49H43N5O8S3/c1-32(62-65(3,58)59)29-35-30-63-46-41(45(56)54(46)42(35)47(57)61-43(33-19-9-4-10-20-33)34-21-11-5-12-22-34)51-44(55)40(53-60-2)39-31-64-48(50-39)52-49(36-23-13-6-14-24-36,37-25-15-7-16-26-37)38-27-17-8-18-28-38/h4-29,31,41,43,46H,30H2,1-3H3,(H,50,52)(H,51,55). The van der Waals surface area contributed by atoms with Crippen LogP contribution in [0, 0.1) is 0 Å². The molecular formula is C49H43N5O8S3. The molecule has 0 spiro atoms. The molecule has 1 fully saturated rings. The second-order valence-corrected chi connectivity index (χ2v) is 18.6. The summed E-state index contributed by atoms with van der Waals surface area (Å²) in [5.74, 6) is -2.03. The average Bonchev–Trinajstić information content (AvgIpc) is 3.79. The van der Waals surface area contributed by atoms with Crippen LogP contribution in [-0.2, 0) is 43.8 Å². The monoisotopic (exact) mass is 925 g/mol. The first-order valence-electron chi connectivity index (χ1n) is 20.4. The van der Waals surface area contributed by atoms with Crippen molar-refractivity contribution < 1.29 is 36.6 Å². The minimum atomic E-state index is -3.90. The number of carbonyl (C=O) groups is 3. The van der Waals surface area contributed by atoms with E-state index < -0.39 is 51.0 Å². The molecule has 5 aromatic carbocycles. The van der Waals surface area contributed by atoms with Gasteiger partial charge in [0.2, 0.25) is 0 Å². The number of amides is 2. The highest BCUT2D eigenvalue weighted by Crippen LogP contribution is 2.43. The molecule has 2 atom stereocenters. The van der Waals surface area contributed by atoms with Crippen molar-refractivity contribution in [3.63, 3.8) is 0 Å². The number of aromatic nitrogens is 1. The summed E-state index contributed by atoms with van der Waals surface area (Å²) < 4.78 is 35.4. The third kappa shape index (κ3) is 9.60. The van der Waals surface area contributed by atoms with Crippen molar-refractivity contribution in [3.05, 3.63) is 214 Å². The Hall–Kier alpha value is -7.01. The second kappa shape index (κ2) is 19.4. The molecule has 8 rings (SSSR count). The van der Waals surface area contributed by atoms with Crippen LogP contribution in [0.5, 0.6) is 0 Å². The van der Waals surface area contributed by atoms with Gasteiger partial charge in [-0.05, 0) is 46.4 Å². The fraction of sp³-hybridized carbons (Fsp3) is 0.163. The lowest BCUT2D eigenvalue weighted by Crippen LogP contribution is -2.71. The Labute approximate surface area is 385 Å². The summed E-state index contributed by atoms with van der Waals surface area (Å²) >= 11 is 2.55. The zero-order chi connectivity index (χ0) is 45.6. The molecule has 3 heterocycles. The van der Waals surface area contributed by atoms with Crippen molar-refractivity contribution in [1.82, 2.24) is 15.2 Å². The molecule has 1 aromatic heterocycles. The molecule has 65 heavy (non-hydrogen) atoms. The van der Waals surface area contributed by atoms with Gasteiger partial charge in [-0.3, -0.25) is 14.5 Å². The summed E-state index contributed by atoms with van der Waals surface area (Å²) in [4.78, 5) is 54.1. The van der Waals surface area contributed by atoms with E-state index in [9.17, 15) is 22.8 Å². The van der Waals surface area contributed by atoms with Gasteiger partial charge in [0.15, 0.2) is 16.9 Å². The summed E-state index contributed by atoms with van der Waals surface area (Å²) in [7, 11) is -2.59. The fourth-order valence-electron chi connectivity index (χ4n) is 7.89. The molecule has 0 saturated carbocycles. The third-order valence-electron chi connectivity index (χ3n) is 10.6. The molecule has 0 aliphatic carbocycles. The number of nitrogens with one attached hydrogen (secondary N) is 2. The van der Waals surface area contributed by atoms with Crippen LogP contribution in [0.15, 0.2) is 185 Å². The average molecular weight is 926 g/mol. The van der Waals surface area contributed by atoms with E-state index in [1.165, 1.54) is 48.1 Å². The van der Waals surface area contributed by atoms with Crippen LogP contribution in [0.2, 0.25) is 0 Å². The Morgan fingerprint density at radius 2 is 1.34 bits per heavy atom. The van der Waals surface area contributed by atoms with Gasteiger partial charge >= 0.3 is 16.1 Å². The van der Waals surface area contributed by atoms with Crippen LogP contribution in [0.4, 0.5) is 5.13 Å². The van der Waals surface area contributed by atoms with E-state index in [1.54, 1.807) is 5.38 Å². The Morgan fingerprint density at radius 3 is 1.83 bits per heavy atom. The number of rotatable bonds is 16. The Balaban J connectivity index is 1.08. The Morgan fingerprint density at radius 1 is 0.831 bits per heavy atom. The molecule has 2 aliphatic rings. The molecule has 330 valence electrons. The van der Waals surface area contributed by atoms with Gasteiger partial charge in [0.05, 0.1) is 6.26 Å². The number of hydrogen-bond acceptors (Lipinski definition) is 13. The molecule has 1 saturated heterocycles. The number of thioether (sulfide) groups is 1. The highest BCUT2D eigenvalue weighted by atomic mass is 32.2. The van der Waals surface area contributed by atoms with Crippen LogP contribution in [-0.4, -0.2) is 72.3 Å². The minimum absolute atomic E-state index is 0.0153. The van der Waals surface area contributed by atoms with Gasteiger partial charge in [0, 0.05) is 11.1 Å². The normalized spacial score (nSPS) is 16.6. The van der Waals surface area contributed by atoms with Gasteiger partial charge in [0.25, 0.3) is 11.8 Å². The van der Waals surface area contributed by atoms with Crippen molar-refractivity contribution in [1.29, 1.82) is 0 Å². The molecule has 2 amide bonds. The van der Waals surface area contributed by atoms with E-state index in [4.69, 9.17) is 18.7 Å². The predicted octanol–water partition coefficient (Wildman–Crippen LogP) is 7.76. The SMILES string of the molecule is CON=C(C(=O)NC1C(=O)N2C(C(=O)OC(c3ccccc3)c3ccccc3)=C(C=C(C)OS(C)(=O)=O)CSC12)c1csc(NC(c2ccccc2)(c2ccccc2)c2ccccc2)n1. The Bertz CT molecular complexity index is 2740. The molecule has 2 aliphatic heterocycles. The predicted molar refractivity (Wildman–Crippen MR) is 251 cm³/mol. The number of nitrogens with zero attached hydrogens (tertiary/aromatic N) is 3. The van der Waals surface area contributed by atoms with E-state index in [0.717, 1.165) is 22.9 Å². The zero-order valence-electron chi connectivity index (χ0n) is 35.4. The number of anilines is 1. The smallest absolute Gasteiger partial charge is 0.356 e. The number of carbonyl (C=O) groups excluding carboxylic acids is 3. The number of allylic oxidation sites excluding steroid dienone is 2. The van der Waals surface area contributed by atoms with E-state index in [1.807, 2.05) is 152 Å². The van der Waals surface area contributed by atoms with Gasteiger partial charge < -0.3 is 24.4 Å². The molecular weight excluding hydrogens is 883 g/mol. The van der Waals surface area contributed by atoms with E-state index in [2.05, 4.69) is 15.8 Å². The van der Waals surface area contributed by atoms with Gasteiger partial charge in [-0.2, -0.15) is 8.42 Å². The molecule has 6 aromatic rings. The largest absolute Gasteiger partial charge is 0.448 e. The van der Waals surface area contributed by atoms with Crippen LogP contribution in [0.25, 0.3) is 0 Å². The van der Waals surface area contributed by atoms with E-state index in [0.29, 0.717) is 21.8 Å². The Kier molecular flexibility index (Phi) is 13.3. The van der Waals surface area contributed by atoms with Crippen molar-refractivity contribution in [2.45, 2.75) is 30.0 Å². The topological polar surface area (TPSA) is 166 Å². The lowest BCUT2D eigenvalue weighted by atomic mass is 9.77. The summed E-state index contributed by atoms with van der Waals surface area (Å²) in [6.07, 6.45) is 1.46. The summed E-state index contributed by atoms with van der Waals surface area (Å²) in [6.45, 7) is 1.44. The first kappa shape index (κ1) is 44.6. The molecule has 0 bridgehead atoms. The van der Waals surface area contributed by atoms with Crippen LogP contribution >= 0.6 is 23.1 Å². The number of ether oxygens (including phenoxy) is 1. The highest BCUT2D eigenvalue weighted by Gasteiger charge is 2.55. The summed E-state index contributed by atoms with van der Waals surface area (Å²) in [5.41, 5.74) is 3.60. The lowest BCUT2D eigenvalue weighted by Gasteiger charge is -2.49. The van der Waals surface area contributed by atoms with E-state index in [-0.39, 0.29) is 28.6 Å². The fourth-order valence-corrected chi connectivity index (χ4v) is 10.5. The minimum Gasteiger partial charge on any atom is -0.448 e. The molecule has 13 nitrogen and oxygen atoms in total. The number of esters is 1. The van der Waals surface area contributed by atoms with Gasteiger partial charge in [-0.15, -0.1) is 23.1 Å². The molecule has 2 N–H and O–H groups in total. The molecule has 0 radical (unpaired) electrons. The van der Waals surface area contributed by atoms with Crippen LogP contribution in [0.1, 0.15) is 46.5 Å². The van der Waals surface area contributed by atoms with Crippen molar-refractivity contribution in [2.24, 2.45) is 5.16 Å².